The first-order valence-electron chi connectivity index (χ1n) is 4.49. The van der Waals surface area contributed by atoms with Crippen molar-refractivity contribution < 1.29 is 0 Å². The predicted octanol–water partition coefficient (Wildman–Crippen LogP) is 1.47. The van der Waals surface area contributed by atoms with Crippen LogP contribution >= 0.6 is 0 Å². The highest BCUT2D eigenvalue weighted by molar-refractivity contribution is 5.28. The maximum absolute atomic E-state index is 4.22. The Morgan fingerprint density at radius 2 is 1.67 bits per heavy atom. The van der Waals surface area contributed by atoms with E-state index in [1.165, 1.54) is 19.3 Å². The maximum Gasteiger partial charge on any atom is 0.225 e. The Hall–Kier alpha value is -1.12. The minimum Gasteiger partial charge on any atom is -0.341 e. The second-order valence-corrected chi connectivity index (χ2v) is 3.10. The van der Waals surface area contributed by atoms with E-state index in [9.17, 15) is 0 Å². The smallest absolute Gasteiger partial charge is 0.225 e. The number of piperidine rings is 1. The van der Waals surface area contributed by atoms with Crippen molar-refractivity contribution in [1.82, 2.24) is 9.97 Å². The Balaban J connectivity index is 2.08. The number of aromatic nitrogens is 2. The monoisotopic (exact) mass is 165 g/mol. The van der Waals surface area contributed by atoms with Gasteiger partial charge in [-0.2, -0.15) is 0 Å². The number of hydrogen-bond donors (Lipinski definition) is 0. The van der Waals surface area contributed by atoms with Crippen LogP contribution in [0.5, 0.6) is 0 Å². The highest BCUT2D eigenvalue weighted by atomic mass is 15.7. The average molecular weight is 165 g/mol. The molecule has 0 saturated carbocycles. The van der Waals surface area contributed by atoms with Crippen molar-refractivity contribution >= 4 is 5.95 Å². The maximum atomic E-state index is 4.22. The van der Waals surface area contributed by atoms with Crippen molar-refractivity contribution in [2.45, 2.75) is 19.3 Å². The number of anilines is 1. The van der Waals surface area contributed by atoms with Crippen LogP contribution in [0.2, 0.25) is 0 Å². The summed E-state index contributed by atoms with van der Waals surface area (Å²) in [6, 6.07) is 1.85. The van der Waals surface area contributed by atoms with Crippen LogP contribution in [0.4, 0.5) is 5.95 Å². The molecule has 1 aromatic rings. The molecule has 2 rings (SSSR count). The molecule has 64 valence electrons. The average Bonchev–Trinajstić information content (AvgIpc) is 2.21. The van der Waals surface area contributed by atoms with Crippen LogP contribution in [0.3, 0.4) is 0 Å². The molecule has 0 N–H and O–H groups in total. The van der Waals surface area contributed by atoms with Crippen LogP contribution in [0.25, 0.3) is 0 Å². The lowest BCUT2D eigenvalue weighted by atomic mass is 10.2. The van der Waals surface area contributed by atoms with Crippen LogP contribution in [0, 0.1) is 0 Å². The molecule has 2 heterocycles. The summed E-state index contributed by atoms with van der Waals surface area (Å²) in [5.74, 6) is 0.886. The molecule has 0 aliphatic carbocycles. The summed E-state index contributed by atoms with van der Waals surface area (Å²) in [4.78, 5) is 10.7. The summed E-state index contributed by atoms with van der Waals surface area (Å²) < 4.78 is 0. The van der Waals surface area contributed by atoms with Crippen molar-refractivity contribution in [3.8, 4) is 0 Å². The standard InChI is InChI=1S/C9H13N3/c1-2-7-12(8-3-1)9-10-5-4-6-11-9/h4-6H,1-3,7-8H2/i9+2. The van der Waals surface area contributed by atoms with Crippen LogP contribution in [0.1, 0.15) is 19.3 Å². The number of nitrogens with zero attached hydrogens (tertiary/aromatic N) is 3. The third-order valence-corrected chi connectivity index (χ3v) is 2.19. The van der Waals surface area contributed by atoms with Crippen LogP contribution in [0.15, 0.2) is 18.5 Å². The molecule has 0 bridgehead atoms. The van der Waals surface area contributed by atoms with Gasteiger partial charge in [0.05, 0.1) is 0 Å². The zero-order valence-corrected chi connectivity index (χ0v) is 7.11. The van der Waals surface area contributed by atoms with Gasteiger partial charge in [0.1, 0.15) is 0 Å². The van der Waals surface area contributed by atoms with Gasteiger partial charge in [0.2, 0.25) is 5.95 Å². The first-order valence-corrected chi connectivity index (χ1v) is 4.49. The summed E-state index contributed by atoms with van der Waals surface area (Å²) in [6.45, 7) is 2.23. The molecular weight excluding hydrogens is 152 g/mol. The van der Waals surface area contributed by atoms with Gasteiger partial charge in [0.15, 0.2) is 0 Å². The van der Waals surface area contributed by atoms with E-state index < -0.39 is 0 Å². The van der Waals surface area contributed by atoms with Crippen molar-refractivity contribution in [2.24, 2.45) is 0 Å². The van der Waals surface area contributed by atoms with Gasteiger partial charge < -0.3 is 4.90 Å². The Morgan fingerprint density at radius 3 is 2.33 bits per heavy atom. The first-order chi connectivity index (χ1) is 5.97. The van der Waals surface area contributed by atoms with Crippen LogP contribution < -0.4 is 4.90 Å². The van der Waals surface area contributed by atoms with Crippen molar-refractivity contribution in [2.75, 3.05) is 18.0 Å². The van der Waals surface area contributed by atoms with Gasteiger partial charge in [-0.1, -0.05) is 0 Å². The van der Waals surface area contributed by atoms with Gasteiger partial charge in [-0.25, -0.2) is 9.97 Å². The third-order valence-electron chi connectivity index (χ3n) is 2.19. The molecule has 0 aromatic carbocycles. The Labute approximate surface area is 72.4 Å². The molecule has 1 saturated heterocycles. The zero-order valence-electron chi connectivity index (χ0n) is 7.11. The fraction of sp³-hybridized carbons (Fsp3) is 0.556. The molecular formula is C9H13N3. The van der Waals surface area contributed by atoms with E-state index in [0.29, 0.717) is 0 Å². The van der Waals surface area contributed by atoms with Crippen molar-refractivity contribution in [1.29, 1.82) is 0 Å². The zero-order chi connectivity index (χ0) is 8.23. The highest BCUT2D eigenvalue weighted by Gasteiger charge is 2.11. The van der Waals surface area contributed by atoms with E-state index in [0.717, 1.165) is 19.0 Å². The predicted molar refractivity (Wildman–Crippen MR) is 48.1 cm³/mol. The van der Waals surface area contributed by atoms with E-state index in [1.807, 2.05) is 6.07 Å². The molecule has 0 radical (unpaired) electrons. The van der Waals surface area contributed by atoms with E-state index in [1.54, 1.807) is 12.4 Å². The summed E-state index contributed by atoms with van der Waals surface area (Å²) in [6.07, 6.45) is 7.51. The third kappa shape index (κ3) is 1.55. The Kier molecular flexibility index (Phi) is 2.21. The van der Waals surface area contributed by atoms with Gasteiger partial charge in [0.25, 0.3) is 0 Å². The van der Waals surface area contributed by atoms with Gasteiger partial charge in [-0.15, -0.1) is 0 Å². The van der Waals surface area contributed by atoms with E-state index >= 15 is 0 Å². The fourth-order valence-corrected chi connectivity index (χ4v) is 1.55. The lowest BCUT2D eigenvalue weighted by Gasteiger charge is -2.26. The summed E-state index contributed by atoms with van der Waals surface area (Å²) >= 11 is 0. The molecule has 1 aliphatic rings. The van der Waals surface area contributed by atoms with Crippen LogP contribution in [-0.2, 0) is 0 Å². The van der Waals surface area contributed by atoms with Crippen molar-refractivity contribution in [3.63, 3.8) is 0 Å². The normalized spacial score (nSPS) is 17.8. The van der Waals surface area contributed by atoms with E-state index in [4.69, 9.17) is 0 Å². The minimum absolute atomic E-state index is 0.886. The van der Waals surface area contributed by atoms with Crippen molar-refractivity contribution in [3.05, 3.63) is 18.5 Å². The highest BCUT2D eigenvalue weighted by Crippen LogP contribution is 2.13. The second kappa shape index (κ2) is 3.52. The van der Waals surface area contributed by atoms with E-state index in [2.05, 4.69) is 14.9 Å². The Bertz CT molecular complexity index is 229. The quantitative estimate of drug-likeness (QED) is 0.631. The molecule has 0 spiro atoms. The van der Waals surface area contributed by atoms with Gasteiger partial charge in [-0.3, -0.25) is 0 Å². The van der Waals surface area contributed by atoms with Gasteiger partial charge >= 0.3 is 0 Å². The van der Waals surface area contributed by atoms with Crippen LogP contribution in [-0.4, -0.2) is 23.1 Å². The summed E-state index contributed by atoms with van der Waals surface area (Å²) in [5.41, 5.74) is 0. The summed E-state index contributed by atoms with van der Waals surface area (Å²) in [7, 11) is 0. The molecule has 1 fully saturated rings. The number of rotatable bonds is 1. The largest absolute Gasteiger partial charge is 0.341 e. The lowest BCUT2D eigenvalue weighted by Crippen LogP contribution is -2.30. The second-order valence-electron chi connectivity index (χ2n) is 3.10. The van der Waals surface area contributed by atoms with E-state index in [-0.39, 0.29) is 0 Å². The summed E-state index contributed by atoms with van der Waals surface area (Å²) in [5, 5.41) is 0. The molecule has 0 atom stereocenters. The molecule has 3 nitrogen and oxygen atoms in total. The molecule has 12 heavy (non-hydrogen) atoms. The van der Waals surface area contributed by atoms with Gasteiger partial charge in [0, 0.05) is 25.5 Å². The molecule has 3 heteroatoms. The Morgan fingerprint density at radius 1 is 1.00 bits per heavy atom. The first kappa shape index (κ1) is 7.53. The number of hydrogen-bond acceptors (Lipinski definition) is 3. The lowest BCUT2D eigenvalue weighted by molar-refractivity contribution is 0.568. The fourth-order valence-electron chi connectivity index (χ4n) is 1.55. The molecule has 0 amide bonds. The van der Waals surface area contributed by atoms with Gasteiger partial charge in [-0.05, 0) is 25.3 Å². The SMILES string of the molecule is c1cn[14c](N2CCCCC2)nc1. The molecule has 1 aliphatic heterocycles. The topological polar surface area (TPSA) is 29.0 Å². The molecule has 0 unspecified atom stereocenters. The molecule has 1 aromatic heterocycles. The minimum atomic E-state index is 0.886.